The van der Waals surface area contributed by atoms with Gasteiger partial charge >= 0.3 is 0 Å². The van der Waals surface area contributed by atoms with Crippen LogP contribution in [0.4, 0.5) is 0 Å². The van der Waals surface area contributed by atoms with Gasteiger partial charge in [0.2, 0.25) is 0 Å². The van der Waals surface area contributed by atoms with Crippen LogP contribution in [-0.4, -0.2) is 39.5 Å². The van der Waals surface area contributed by atoms with E-state index in [1.807, 2.05) is 28.8 Å². The van der Waals surface area contributed by atoms with Gasteiger partial charge in [0.1, 0.15) is 19.0 Å². The van der Waals surface area contributed by atoms with Crippen LogP contribution in [0.1, 0.15) is 0 Å². The molecule has 0 amide bonds. The highest BCUT2D eigenvalue weighted by Gasteiger charge is 2.18. The van der Waals surface area contributed by atoms with Crippen LogP contribution >= 0.6 is 0 Å². The number of rotatable bonds is 3. The maximum Gasteiger partial charge on any atom is 0.163 e. The maximum absolute atomic E-state index is 9.39. The first-order valence-corrected chi connectivity index (χ1v) is 7.18. The second-order valence-electron chi connectivity index (χ2n) is 5.03. The highest BCUT2D eigenvalue weighted by molar-refractivity contribution is 5.84. The van der Waals surface area contributed by atoms with E-state index >= 15 is 0 Å². The Morgan fingerprint density at radius 2 is 1.82 bits per heavy atom. The van der Waals surface area contributed by atoms with Crippen molar-refractivity contribution in [3.05, 3.63) is 36.7 Å². The highest BCUT2D eigenvalue weighted by atomic mass is 16.6. The molecule has 2 aromatic heterocycles. The lowest BCUT2D eigenvalue weighted by atomic mass is 10.2. The Morgan fingerprint density at radius 1 is 1.09 bits per heavy atom. The van der Waals surface area contributed by atoms with Crippen molar-refractivity contribution >= 4 is 11.0 Å². The molecule has 0 fully saturated rings. The molecule has 1 aliphatic rings. The molecular formula is C16H15N3O3. The monoisotopic (exact) mass is 297 g/mol. The van der Waals surface area contributed by atoms with Crippen molar-refractivity contribution in [3.8, 4) is 22.9 Å². The van der Waals surface area contributed by atoms with Gasteiger partial charge in [-0.1, -0.05) is 0 Å². The standard InChI is InChI=1S/C16H15N3O3/c20-6-5-19-13-10-15-14(21-7-8-22-15)9-12(13)18-16(19)11-1-3-17-4-2-11/h1-4,9-10,20H,5-8H2. The molecule has 0 unspecified atom stereocenters. The van der Waals surface area contributed by atoms with Crippen molar-refractivity contribution in [3.63, 3.8) is 0 Å². The summed E-state index contributed by atoms with van der Waals surface area (Å²) in [5, 5.41) is 9.39. The Hall–Kier alpha value is -2.60. The first-order chi connectivity index (χ1) is 10.9. The molecule has 1 aromatic carbocycles. The average molecular weight is 297 g/mol. The number of pyridine rings is 1. The largest absolute Gasteiger partial charge is 0.486 e. The van der Waals surface area contributed by atoms with Crippen LogP contribution in [0.5, 0.6) is 11.5 Å². The molecule has 1 aliphatic heterocycles. The molecular weight excluding hydrogens is 282 g/mol. The first-order valence-electron chi connectivity index (χ1n) is 7.18. The lowest BCUT2D eigenvalue weighted by Crippen LogP contribution is -2.15. The molecule has 22 heavy (non-hydrogen) atoms. The SMILES string of the molecule is OCCn1c(-c2ccncc2)nc2cc3c(cc21)OCCO3. The fourth-order valence-corrected chi connectivity index (χ4v) is 2.71. The summed E-state index contributed by atoms with van der Waals surface area (Å²) in [4.78, 5) is 8.74. The Morgan fingerprint density at radius 3 is 2.55 bits per heavy atom. The average Bonchev–Trinajstić information content (AvgIpc) is 2.92. The van der Waals surface area contributed by atoms with Crippen LogP contribution in [0.25, 0.3) is 22.4 Å². The van der Waals surface area contributed by atoms with E-state index < -0.39 is 0 Å². The van der Waals surface area contributed by atoms with E-state index in [1.54, 1.807) is 12.4 Å². The number of fused-ring (bicyclic) bond motifs is 2. The Balaban J connectivity index is 1.94. The summed E-state index contributed by atoms with van der Waals surface area (Å²) in [5.74, 6) is 2.24. The normalized spacial score (nSPS) is 13.5. The van der Waals surface area contributed by atoms with E-state index in [0.29, 0.717) is 25.5 Å². The molecule has 0 saturated heterocycles. The highest BCUT2D eigenvalue weighted by Crippen LogP contribution is 2.36. The summed E-state index contributed by atoms with van der Waals surface area (Å²) in [7, 11) is 0. The molecule has 1 N–H and O–H groups in total. The van der Waals surface area contributed by atoms with Gasteiger partial charge in [-0.2, -0.15) is 0 Å². The summed E-state index contributed by atoms with van der Waals surface area (Å²) >= 11 is 0. The van der Waals surface area contributed by atoms with Gasteiger partial charge in [0.15, 0.2) is 11.5 Å². The number of nitrogens with zero attached hydrogens (tertiary/aromatic N) is 3. The van der Waals surface area contributed by atoms with Crippen molar-refractivity contribution < 1.29 is 14.6 Å². The van der Waals surface area contributed by atoms with Gasteiger partial charge < -0.3 is 19.1 Å². The van der Waals surface area contributed by atoms with Gasteiger partial charge in [0.05, 0.1) is 17.6 Å². The van der Waals surface area contributed by atoms with Crippen molar-refractivity contribution in [1.29, 1.82) is 0 Å². The Kier molecular flexibility index (Phi) is 3.16. The maximum atomic E-state index is 9.39. The zero-order valence-corrected chi connectivity index (χ0v) is 11.9. The van der Waals surface area contributed by atoms with Crippen LogP contribution < -0.4 is 9.47 Å². The second-order valence-corrected chi connectivity index (χ2v) is 5.03. The van der Waals surface area contributed by atoms with E-state index in [1.165, 1.54) is 0 Å². The van der Waals surface area contributed by atoms with E-state index in [9.17, 15) is 5.11 Å². The van der Waals surface area contributed by atoms with Gasteiger partial charge in [-0.05, 0) is 12.1 Å². The molecule has 6 heteroatoms. The van der Waals surface area contributed by atoms with E-state index in [0.717, 1.165) is 28.2 Å². The Bertz CT molecular complexity index is 814. The number of hydrogen-bond acceptors (Lipinski definition) is 5. The molecule has 4 rings (SSSR count). The Labute approximate surface area is 127 Å². The van der Waals surface area contributed by atoms with Crippen LogP contribution in [0, 0.1) is 0 Å². The predicted molar refractivity (Wildman–Crippen MR) is 81.0 cm³/mol. The van der Waals surface area contributed by atoms with Gasteiger partial charge in [-0.25, -0.2) is 4.98 Å². The minimum atomic E-state index is 0.0397. The third kappa shape index (κ3) is 2.08. The van der Waals surface area contributed by atoms with Crippen molar-refractivity contribution in [2.45, 2.75) is 6.54 Å². The number of ether oxygens (including phenoxy) is 2. The fraction of sp³-hybridized carbons (Fsp3) is 0.250. The molecule has 0 saturated carbocycles. The molecule has 0 spiro atoms. The quantitative estimate of drug-likeness (QED) is 0.799. The van der Waals surface area contributed by atoms with Crippen molar-refractivity contribution in [2.75, 3.05) is 19.8 Å². The summed E-state index contributed by atoms with van der Waals surface area (Å²) in [6.07, 6.45) is 3.46. The van der Waals surface area contributed by atoms with E-state index in [2.05, 4.69) is 4.98 Å². The number of imidazole rings is 1. The minimum Gasteiger partial charge on any atom is -0.486 e. The van der Waals surface area contributed by atoms with Crippen molar-refractivity contribution in [2.24, 2.45) is 0 Å². The zero-order valence-electron chi connectivity index (χ0n) is 11.9. The summed E-state index contributed by atoms with van der Waals surface area (Å²) < 4.78 is 13.2. The van der Waals surface area contributed by atoms with Gasteiger partial charge in [-0.3, -0.25) is 4.98 Å². The molecule has 0 aliphatic carbocycles. The molecule has 112 valence electrons. The predicted octanol–water partition coefficient (Wildman–Crippen LogP) is 1.86. The first kappa shape index (κ1) is 13.1. The van der Waals surface area contributed by atoms with Gasteiger partial charge in [-0.15, -0.1) is 0 Å². The molecule has 3 heterocycles. The lowest BCUT2D eigenvalue weighted by Gasteiger charge is -2.18. The summed E-state index contributed by atoms with van der Waals surface area (Å²) in [5.41, 5.74) is 2.70. The second kappa shape index (κ2) is 5.31. The van der Waals surface area contributed by atoms with Crippen LogP contribution in [0.15, 0.2) is 36.7 Å². The lowest BCUT2D eigenvalue weighted by molar-refractivity contribution is 0.172. The van der Waals surface area contributed by atoms with E-state index in [4.69, 9.17) is 14.5 Å². The molecule has 0 bridgehead atoms. The smallest absolute Gasteiger partial charge is 0.163 e. The number of aromatic nitrogens is 3. The summed E-state index contributed by atoms with van der Waals surface area (Å²) in [6, 6.07) is 7.63. The van der Waals surface area contributed by atoms with Crippen LogP contribution in [0.3, 0.4) is 0 Å². The molecule has 6 nitrogen and oxygen atoms in total. The minimum absolute atomic E-state index is 0.0397. The van der Waals surface area contributed by atoms with Crippen LogP contribution in [0.2, 0.25) is 0 Å². The molecule has 3 aromatic rings. The van der Waals surface area contributed by atoms with E-state index in [-0.39, 0.29) is 6.61 Å². The number of aliphatic hydroxyl groups is 1. The van der Waals surface area contributed by atoms with Crippen molar-refractivity contribution in [1.82, 2.24) is 14.5 Å². The number of aliphatic hydroxyl groups excluding tert-OH is 1. The number of hydrogen-bond donors (Lipinski definition) is 1. The third-order valence-electron chi connectivity index (χ3n) is 3.67. The topological polar surface area (TPSA) is 69.4 Å². The third-order valence-corrected chi connectivity index (χ3v) is 3.67. The summed E-state index contributed by atoms with van der Waals surface area (Å²) in [6.45, 7) is 1.60. The molecule has 0 radical (unpaired) electrons. The van der Waals surface area contributed by atoms with Crippen LogP contribution in [-0.2, 0) is 6.54 Å². The number of benzene rings is 1. The van der Waals surface area contributed by atoms with Gasteiger partial charge in [0.25, 0.3) is 0 Å². The fourth-order valence-electron chi connectivity index (χ4n) is 2.71. The molecule has 0 atom stereocenters. The zero-order chi connectivity index (χ0) is 14.9. The van der Waals surface area contributed by atoms with Gasteiger partial charge in [0, 0.05) is 36.6 Å².